The molecule has 0 spiro atoms. The molecule has 0 heterocycles. The van der Waals surface area contributed by atoms with Crippen LogP contribution in [-0.4, -0.2) is 10.3 Å². The fraction of sp³-hybridized carbons (Fsp3) is 1.00. The van der Waals surface area contributed by atoms with Crippen molar-refractivity contribution in [1.82, 2.24) is 0 Å². The van der Waals surface area contributed by atoms with E-state index in [1.165, 1.54) is 0 Å². The van der Waals surface area contributed by atoms with Crippen LogP contribution in [0, 0.1) is 10.1 Å². The van der Waals surface area contributed by atoms with Crippen molar-refractivity contribution in [3.63, 3.8) is 0 Å². The fourth-order valence-corrected chi connectivity index (χ4v) is 0.675. The number of hydrogen-bond acceptors (Lipinski definition) is 3. The van der Waals surface area contributed by atoms with Crippen molar-refractivity contribution in [2.45, 2.75) is 31.6 Å². The Hall–Kier alpha value is -0.250. The van der Waals surface area contributed by atoms with Crippen molar-refractivity contribution in [2.75, 3.05) is 0 Å². The summed E-state index contributed by atoms with van der Waals surface area (Å²) in [5.41, 5.74) is 0. The van der Waals surface area contributed by atoms with Crippen LogP contribution in [0.2, 0.25) is 0 Å². The molecular weight excluding hydrogens is 138 g/mol. The van der Waals surface area contributed by atoms with Gasteiger partial charge >= 0.3 is 0 Å². The van der Waals surface area contributed by atoms with E-state index >= 15 is 0 Å². The fourth-order valence-electron chi connectivity index (χ4n) is 0.492. The molecule has 0 aliphatic rings. The van der Waals surface area contributed by atoms with Crippen molar-refractivity contribution >= 4 is 12.6 Å². The van der Waals surface area contributed by atoms with Gasteiger partial charge in [-0.3, -0.25) is 10.1 Å². The average Bonchev–Trinajstić information content (AvgIpc) is 1.82. The van der Waals surface area contributed by atoms with E-state index in [1.807, 2.05) is 6.92 Å². The summed E-state index contributed by atoms with van der Waals surface area (Å²) < 4.78 is 0. The zero-order valence-electron chi connectivity index (χ0n) is 5.41. The molecule has 0 fully saturated rings. The van der Waals surface area contributed by atoms with E-state index < -0.39 is 5.37 Å². The van der Waals surface area contributed by atoms with Crippen LogP contribution in [-0.2, 0) is 0 Å². The minimum absolute atomic E-state index is 0.362. The highest BCUT2D eigenvalue weighted by atomic mass is 32.1. The number of thiol groups is 1. The highest BCUT2D eigenvalue weighted by Gasteiger charge is 2.11. The normalized spacial score (nSPS) is 13.1. The molecule has 0 radical (unpaired) electrons. The lowest BCUT2D eigenvalue weighted by Gasteiger charge is -1.98. The first kappa shape index (κ1) is 8.75. The zero-order chi connectivity index (χ0) is 7.28. The largest absolute Gasteiger partial charge is 0.263 e. The van der Waals surface area contributed by atoms with Gasteiger partial charge in [0.2, 0.25) is 0 Å². The monoisotopic (exact) mass is 149 g/mol. The van der Waals surface area contributed by atoms with Crippen LogP contribution < -0.4 is 0 Å². The van der Waals surface area contributed by atoms with Gasteiger partial charge in [0, 0.05) is 11.3 Å². The predicted octanol–water partition coefficient (Wildman–Crippen LogP) is 1.71. The molecule has 0 aliphatic carbocycles. The lowest BCUT2D eigenvalue weighted by atomic mass is 10.2. The number of nitro groups is 1. The molecule has 0 N–H and O–H groups in total. The molecule has 1 unspecified atom stereocenters. The molecule has 0 aromatic carbocycles. The summed E-state index contributed by atoms with van der Waals surface area (Å²) in [6.45, 7) is 2.00. The first-order chi connectivity index (χ1) is 4.18. The molecule has 3 nitrogen and oxygen atoms in total. The topological polar surface area (TPSA) is 43.1 Å². The van der Waals surface area contributed by atoms with Crippen LogP contribution in [0.4, 0.5) is 0 Å². The van der Waals surface area contributed by atoms with E-state index in [1.54, 1.807) is 0 Å². The van der Waals surface area contributed by atoms with Crippen LogP contribution in [0.1, 0.15) is 26.2 Å². The summed E-state index contributed by atoms with van der Waals surface area (Å²) in [4.78, 5) is 9.57. The Kier molecular flexibility index (Phi) is 4.48. The molecule has 9 heavy (non-hydrogen) atoms. The van der Waals surface area contributed by atoms with Crippen LogP contribution >= 0.6 is 12.6 Å². The van der Waals surface area contributed by atoms with Crippen molar-refractivity contribution in [2.24, 2.45) is 0 Å². The minimum atomic E-state index is -0.662. The Morgan fingerprint density at radius 3 is 2.67 bits per heavy atom. The predicted molar refractivity (Wildman–Crippen MR) is 39.3 cm³/mol. The summed E-state index contributed by atoms with van der Waals surface area (Å²) in [7, 11) is 0. The number of unbranched alkanes of at least 4 members (excludes halogenated alkanes) is 1. The van der Waals surface area contributed by atoms with Gasteiger partial charge in [-0.15, -0.1) is 12.6 Å². The summed E-state index contributed by atoms with van der Waals surface area (Å²) >= 11 is 3.76. The highest BCUT2D eigenvalue weighted by molar-refractivity contribution is 7.80. The van der Waals surface area contributed by atoms with E-state index in [4.69, 9.17) is 0 Å². The van der Waals surface area contributed by atoms with Crippen LogP contribution in [0.5, 0.6) is 0 Å². The maximum absolute atomic E-state index is 9.93. The molecule has 0 saturated heterocycles. The van der Waals surface area contributed by atoms with Gasteiger partial charge in [0.15, 0.2) is 0 Å². The number of rotatable bonds is 4. The van der Waals surface area contributed by atoms with Crippen molar-refractivity contribution in [3.8, 4) is 0 Å². The Balaban J connectivity index is 3.27. The van der Waals surface area contributed by atoms with Gasteiger partial charge in [-0.25, -0.2) is 0 Å². The number of nitrogens with zero attached hydrogens (tertiary/aromatic N) is 1. The van der Waals surface area contributed by atoms with Crippen LogP contribution in [0.25, 0.3) is 0 Å². The van der Waals surface area contributed by atoms with Gasteiger partial charge in [-0.05, 0) is 6.42 Å². The summed E-state index contributed by atoms with van der Waals surface area (Å²) in [6.07, 6.45) is 2.45. The van der Waals surface area contributed by atoms with Gasteiger partial charge in [0.05, 0.1) is 0 Å². The maximum atomic E-state index is 9.93. The summed E-state index contributed by atoms with van der Waals surface area (Å²) in [5, 5.41) is 9.27. The molecule has 0 aromatic heterocycles. The Morgan fingerprint density at radius 2 is 2.33 bits per heavy atom. The summed E-state index contributed by atoms with van der Waals surface area (Å²) in [5.74, 6) is 0. The third kappa shape index (κ3) is 4.27. The molecule has 1 atom stereocenters. The van der Waals surface area contributed by atoms with E-state index in [0.29, 0.717) is 6.42 Å². The SMILES string of the molecule is CCCCC(S)[N+](=O)[O-]. The third-order valence-electron chi connectivity index (χ3n) is 1.06. The summed E-state index contributed by atoms with van der Waals surface area (Å²) in [6, 6.07) is 0. The van der Waals surface area contributed by atoms with Crippen LogP contribution in [0.3, 0.4) is 0 Å². The van der Waals surface area contributed by atoms with Crippen molar-refractivity contribution in [3.05, 3.63) is 10.1 Å². The molecule has 0 aromatic rings. The second-order valence-corrected chi connectivity index (χ2v) is 2.50. The van der Waals surface area contributed by atoms with E-state index in [-0.39, 0.29) is 4.92 Å². The van der Waals surface area contributed by atoms with E-state index in [0.717, 1.165) is 12.8 Å². The van der Waals surface area contributed by atoms with E-state index in [2.05, 4.69) is 12.6 Å². The average molecular weight is 149 g/mol. The molecule has 0 aliphatic heterocycles. The molecule has 0 bridgehead atoms. The van der Waals surface area contributed by atoms with Gasteiger partial charge < -0.3 is 0 Å². The molecule has 0 amide bonds. The van der Waals surface area contributed by atoms with Gasteiger partial charge in [-0.2, -0.15) is 0 Å². The van der Waals surface area contributed by atoms with Crippen molar-refractivity contribution < 1.29 is 4.92 Å². The Bertz CT molecular complexity index is 97.0. The van der Waals surface area contributed by atoms with Gasteiger partial charge in [0.25, 0.3) is 5.37 Å². The Morgan fingerprint density at radius 1 is 1.78 bits per heavy atom. The molecular formula is C5H11NO2S. The lowest BCUT2D eigenvalue weighted by Crippen LogP contribution is -2.11. The maximum Gasteiger partial charge on any atom is 0.255 e. The van der Waals surface area contributed by atoms with Gasteiger partial charge in [-0.1, -0.05) is 13.3 Å². The Labute approximate surface area is 60.0 Å². The standard InChI is InChI=1S/C5H11NO2S/c1-2-3-4-5(9)6(7)8/h5,9H,2-4H2,1H3. The first-order valence-corrected chi connectivity index (χ1v) is 3.51. The lowest BCUT2D eigenvalue weighted by molar-refractivity contribution is -0.495. The second-order valence-electron chi connectivity index (χ2n) is 1.91. The molecule has 0 saturated carbocycles. The quantitative estimate of drug-likeness (QED) is 0.286. The highest BCUT2D eigenvalue weighted by Crippen LogP contribution is 2.06. The minimum Gasteiger partial charge on any atom is -0.263 e. The molecule has 54 valence electrons. The van der Waals surface area contributed by atoms with Crippen molar-refractivity contribution in [1.29, 1.82) is 0 Å². The first-order valence-electron chi connectivity index (χ1n) is 3.00. The van der Waals surface area contributed by atoms with Gasteiger partial charge in [0.1, 0.15) is 0 Å². The second kappa shape index (κ2) is 4.61. The molecule has 0 rings (SSSR count). The van der Waals surface area contributed by atoms with E-state index in [9.17, 15) is 10.1 Å². The van der Waals surface area contributed by atoms with Crippen LogP contribution in [0.15, 0.2) is 0 Å². The molecule has 4 heteroatoms. The number of hydrogen-bond donors (Lipinski definition) is 1. The third-order valence-corrected chi connectivity index (χ3v) is 1.51. The smallest absolute Gasteiger partial charge is 0.255 e. The zero-order valence-corrected chi connectivity index (χ0v) is 6.30.